The third kappa shape index (κ3) is 1.37. The van der Waals surface area contributed by atoms with Gasteiger partial charge in [-0.25, -0.2) is 4.39 Å². The number of aromatic amines is 1. The minimum atomic E-state index is -0.233. The second-order valence-corrected chi connectivity index (χ2v) is 3.31. The molecule has 0 saturated carbocycles. The Morgan fingerprint density at radius 3 is 3.00 bits per heavy atom. The zero-order valence-electron chi connectivity index (χ0n) is 8.13. The number of hydrogen-bond donors (Lipinski definition) is 2. The Kier molecular flexibility index (Phi) is 2.21. The van der Waals surface area contributed by atoms with Gasteiger partial charge in [-0.2, -0.15) is 5.10 Å². The van der Waals surface area contributed by atoms with Crippen molar-refractivity contribution in [2.24, 2.45) is 0 Å². The molecule has 14 heavy (non-hydrogen) atoms. The SMILES string of the molecule is CNC(C)c1[nH]nc2ccc(F)cc12. The van der Waals surface area contributed by atoms with Gasteiger partial charge in [-0.3, -0.25) is 5.10 Å². The molecule has 0 fully saturated rings. The standard InChI is InChI=1S/C10H12FN3/c1-6(12-2)10-8-5-7(11)3-4-9(8)13-14-10/h3-6,12H,1-2H3,(H,13,14). The van der Waals surface area contributed by atoms with Crippen LogP contribution in [-0.2, 0) is 0 Å². The molecule has 0 radical (unpaired) electrons. The summed E-state index contributed by atoms with van der Waals surface area (Å²) in [6, 6.07) is 4.73. The largest absolute Gasteiger partial charge is 0.312 e. The molecule has 0 amide bonds. The van der Waals surface area contributed by atoms with Crippen LogP contribution in [0.5, 0.6) is 0 Å². The second kappa shape index (κ2) is 3.38. The van der Waals surface area contributed by atoms with Crippen molar-refractivity contribution in [3.8, 4) is 0 Å². The summed E-state index contributed by atoms with van der Waals surface area (Å²) < 4.78 is 13.0. The van der Waals surface area contributed by atoms with E-state index in [0.717, 1.165) is 16.6 Å². The van der Waals surface area contributed by atoms with E-state index in [4.69, 9.17) is 0 Å². The van der Waals surface area contributed by atoms with Gasteiger partial charge in [-0.1, -0.05) is 0 Å². The molecule has 1 atom stereocenters. The van der Waals surface area contributed by atoms with Gasteiger partial charge in [0.15, 0.2) is 0 Å². The number of hydrogen-bond acceptors (Lipinski definition) is 2. The number of fused-ring (bicyclic) bond motifs is 1. The molecule has 74 valence electrons. The summed E-state index contributed by atoms with van der Waals surface area (Å²) >= 11 is 0. The average molecular weight is 193 g/mol. The Labute approximate surface area is 81.3 Å². The third-order valence-corrected chi connectivity index (χ3v) is 2.41. The third-order valence-electron chi connectivity index (χ3n) is 2.41. The van der Waals surface area contributed by atoms with Crippen LogP contribution >= 0.6 is 0 Å². The van der Waals surface area contributed by atoms with Gasteiger partial charge < -0.3 is 5.32 Å². The molecule has 0 aliphatic carbocycles. The van der Waals surface area contributed by atoms with Gasteiger partial charge in [0, 0.05) is 11.4 Å². The van der Waals surface area contributed by atoms with E-state index in [1.165, 1.54) is 12.1 Å². The highest BCUT2D eigenvalue weighted by molar-refractivity contribution is 5.81. The normalized spacial score (nSPS) is 13.4. The van der Waals surface area contributed by atoms with Crippen molar-refractivity contribution < 1.29 is 4.39 Å². The van der Waals surface area contributed by atoms with Crippen molar-refractivity contribution in [3.63, 3.8) is 0 Å². The quantitative estimate of drug-likeness (QED) is 0.765. The minimum absolute atomic E-state index is 0.141. The topological polar surface area (TPSA) is 40.7 Å². The molecule has 0 saturated heterocycles. The first-order valence-electron chi connectivity index (χ1n) is 4.53. The lowest BCUT2D eigenvalue weighted by atomic mass is 10.1. The molecule has 1 unspecified atom stereocenters. The maximum atomic E-state index is 13.0. The Hall–Kier alpha value is -1.42. The van der Waals surface area contributed by atoms with Gasteiger partial charge in [0.2, 0.25) is 0 Å². The van der Waals surface area contributed by atoms with E-state index >= 15 is 0 Å². The zero-order chi connectivity index (χ0) is 10.1. The Morgan fingerprint density at radius 1 is 1.50 bits per heavy atom. The van der Waals surface area contributed by atoms with Gasteiger partial charge in [0.05, 0.1) is 11.2 Å². The summed E-state index contributed by atoms with van der Waals surface area (Å²) in [6.07, 6.45) is 0. The molecule has 0 spiro atoms. The van der Waals surface area contributed by atoms with Crippen LogP contribution in [0.15, 0.2) is 18.2 Å². The summed E-state index contributed by atoms with van der Waals surface area (Å²) in [5, 5.41) is 10.9. The maximum Gasteiger partial charge on any atom is 0.124 e. The van der Waals surface area contributed by atoms with Crippen molar-refractivity contribution in [2.45, 2.75) is 13.0 Å². The van der Waals surface area contributed by atoms with E-state index in [2.05, 4.69) is 15.5 Å². The molecule has 0 aliphatic rings. The Balaban J connectivity index is 2.61. The van der Waals surface area contributed by atoms with Gasteiger partial charge in [0.1, 0.15) is 5.82 Å². The van der Waals surface area contributed by atoms with Gasteiger partial charge in [-0.15, -0.1) is 0 Å². The van der Waals surface area contributed by atoms with E-state index in [9.17, 15) is 4.39 Å². The molecule has 2 rings (SSSR count). The van der Waals surface area contributed by atoms with Crippen LogP contribution < -0.4 is 5.32 Å². The molecule has 4 heteroatoms. The smallest absolute Gasteiger partial charge is 0.124 e. The summed E-state index contributed by atoms with van der Waals surface area (Å²) in [5.41, 5.74) is 1.71. The van der Waals surface area contributed by atoms with Crippen molar-refractivity contribution in [2.75, 3.05) is 7.05 Å². The summed E-state index contributed by atoms with van der Waals surface area (Å²) in [5.74, 6) is -0.233. The minimum Gasteiger partial charge on any atom is -0.312 e. The fourth-order valence-corrected chi connectivity index (χ4v) is 1.48. The second-order valence-electron chi connectivity index (χ2n) is 3.31. The molecule has 2 aromatic rings. The molecular weight excluding hydrogens is 181 g/mol. The van der Waals surface area contributed by atoms with Crippen molar-refractivity contribution in [3.05, 3.63) is 29.7 Å². The van der Waals surface area contributed by atoms with Gasteiger partial charge >= 0.3 is 0 Å². The lowest BCUT2D eigenvalue weighted by molar-refractivity contribution is 0.625. The van der Waals surface area contributed by atoms with Crippen LogP contribution in [0.1, 0.15) is 18.7 Å². The van der Waals surface area contributed by atoms with Crippen LogP contribution in [0.2, 0.25) is 0 Å². The predicted octanol–water partition coefficient (Wildman–Crippen LogP) is 1.98. The first kappa shape index (κ1) is 9.15. The van der Waals surface area contributed by atoms with Crippen LogP contribution in [0, 0.1) is 5.82 Å². The molecular formula is C10H12FN3. The van der Waals surface area contributed by atoms with Crippen molar-refractivity contribution in [1.82, 2.24) is 15.5 Å². The predicted molar refractivity (Wildman–Crippen MR) is 53.5 cm³/mol. The Bertz CT molecular complexity index is 450. The summed E-state index contributed by atoms with van der Waals surface area (Å²) in [4.78, 5) is 0. The maximum absolute atomic E-state index is 13.0. The lowest BCUT2D eigenvalue weighted by Gasteiger charge is -2.07. The van der Waals surface area contributed by atoms with Crippen LogP contribution in [0.25, 0.3) is 10.9 Å². The summed E-state index contributed by atoms with van der Waals surface area (Å²) in [6.45, 7) is 2.00. The molecule has 1 aromatic carbocycles. The molecule has 0 bridgehead atoms. The van der Waals surface area contributed by atoms with Crippen molar-refractivity contribution >= 4 is 10.9 Å². The highest BCUT2D eigenvalue weighted by Crippen LogP contribution is 2.21. The first-order chi connectivity index (χ1) is 6.72. The fourth-order valence-electron chi connectivity index (χ4n) is 1.48. The number of H-pyrrole nitrogens is 1. The average Bonchev–Trinajstić information content (AvgIpc) is 2.59. The van der Waals surface area contributed by atoms with E-state index in [0.29, 0.717) is 0 Å². The van der Waals surface area contributed by atoms with E-state index in [1.54, 1.807) is 6.07 Å². The zero-order valence-corrected chi connectivity index (χ0v) is 8.13. The molecule has 3 nitrogen and oxygen atoms in total. The van der Waals surface area contributed by atoms with E-state index in [1.807, 2.05) is 14.0 Å². The number of rotatable bonds is 2. The van der Waals surface area contributed by atoms with E-state index in [-0.39, 0.29) is 11.9 Å². The first-order valence-corrected chi connectivity index (χ1v) is 4.53. The van der Waals surface area contributed by atoms with Crippen LogP contribution in [0.4, 0.5) is 4.39 Å². The number of benzene rings is 1. The number of nitrogens with zero attached hydrogens (tertiary/aromatic N) is 1. The van der Waals surface area contributed by atoms with Crippen LogP contribution in [0.3, 0.4) is 0 Å². The monoisotopic (exact) mass is 193 g/mol. The number of aromatic nitrogens is 2. The van der Waals surface area contributed by atoms with Crippen LogP contribution in [-0.4, -0.2) is 17.2 Å². The van der Waals surface area contributed by atoms with Gasteiger partial charge in [-0.05, 0) is 32.2 Å². The summed E-state index contributed by atoms with van der Waals surface area (Å²) in [7, 11) is 1.86. The molecule has 1 aromatic heterocycles. The van der Waals surface area contributed by atoms with Gasteiger partial charge in [0.25, 0.3) is 0 Å². The number of halogens is 1. The van der Waals surface area contributed by atoms with E-state index < -0.39 is 0 Å². The lowest BCUT2D eigenvalue weighted by Crippen LogP contribution is -2.12. The molecule has 2 N–H and O–H groups in total. The number of nitrogens with one attached hydrogen (secondary N) is 2. The molecule has 0 aliphatic heterocycles. The van der Waals surface area contributed by atoms with Crippen molar-refractivity contribution in [1.29, 1.82) is 0 Å². The molecule has 1 heterocycles. The highest BCUT2D eigenvalue weighted by Gasteiger charge is 2.10. The Morgan fingerprint density at radius 2 is 2.29 bits per heavy atom. The highest BCUT2D eigenvalue weighted by atomic mass is 19.1. The fraction of sp³-hybridized carbons (Fsp3) is 0.300.